The van der Waals surface area contributed by atoms with Gasteiger partial charge in [-0.1, -0.05) is 6.07 Å². The highest BCUT2D eigenvalue weighted by Gasteiger charge is 2.08. The lowest BCUT2D eigenvalue weighted by Gasteiger charge is -2.18. The summed E-state index contributed by atoms with van der Waals surface area (Å²) in [5.41, 5.74) is 1.61. The first-order chi connectivity index (χ1) is 5.75. The van der Waals surface area contributed by atoms with Crippen molar-refractivity contribution in [2.45, 2.75) is 6.54 Å². The summed E-state index contributed by atoms with van der Waals surface area (Å²) in [7, 11) is 0. The molecule has 1 aliphatic rings. The smallest absolute Gasteiger partial charge is 0.125 e. The Morgan fingerprint density at radius 3 is 2.79 bits per heavy atom. The van der Waals surface area contributed by atoms with Crippen molar-refractivity contribution in [3.63, 3.8) is 0 Å². The van der Waals surface area contributed by atoms with Crippen LogP contribution in [0.2, 0.25) is 0 Å². The Morgan fingerprint density at radius 1 is 1.36 bits per heavy atom. The molecule has 1 aromatic rings. The van der Waals surface area contributed by atoms with Crippen molar-refractivity contribution < 1.29 is 4.39 Å². The lowest BCUT2D eigenvalue weighted by molar-refractivity contribution is 0.441. The molecule has 0 amide bonds. The summed E-state index contributed by atoms with van der Waals surface area (Å²) < 4.78 is 12.7. The van der Waals surface area contributed by atoms with Crippen LogP contribution in [0.25, 0.3) is 0 Å². The van der Waals surface area contributed by atoms with E-state index in [1.165, 1.54) is 23.5 Å². The second-order valence-electron chi connectivity index (χ2n) is 2.69. The van der Waals surface area contributed by atoms with E-state index in [2.05, 4.69) is 4.99 Å². The van der Waals surface area contributed by atoms with Gasteiger partial charge >= 0.3 is 0 Å². The molecule has 6 heteroatoms. The van der Waals surface area contributed by atoms with Gasteiger partial charge in [-0.3, -0.25) is 5.01 Å². The summed E-state index contributed by atoms with van der Waals surface area (Å²) in [5, 5.41) is 1.46. The number of hydrogen-bond donors (Lipinski definition) is 1. The van der Waals surface area contributed by atoms with Crippen molar-refractivity contribution in [3.05, 3.63) is 29.6 Å². The average Bonchev–Trinajstić information content (AvgIpc) is 2.05. The number of hydrogen-bond acceptors (Lipinski definition) is 3. The molecule has 0 radical (unpaired) electrons. The molecular formula is C8H10Cl2FN3. The van der Waals surface area contributed by atoms with E-state index in [1.54, 1.807) is 6.07 Å². The van der Waals surface area contributed by atoms with Gasteiger partial charge in [0.1, 0.15) is 12.2 Å². The van der Waals surface area contributed by atoms with Gasteiger partial charge < -0.3 is 0 Å². The van der Waals surface area contributed by atoms with Gasteiger partial charge in [-0.2, -0.15) is 0 Å². The predicted molar refractivity (Wildman–Crippen MR) is 58.8 cm³/mol. The number of fused-ring (bicyclic) bond motifs is 1. The summed E-state index contributed by atoms with van der Waals surface area (Å²) in [6, 6.07) is 4.51. The Kier molecular flexibility index (Phi) is 4.83. The Balaban J connectivity index is 0.000000845. The zero-order chi connectivity index (χ0) is 8.55. The predicted octanol–water partition coefficient (Wildman–Crippen LogP) is 2.02. The Morgan fingerprint density at radius 2 is 2.07 bits per heavy atom. The second-order valence-corrected chi connectivity index (χ2v) is 2.69. The Labute approximate surface area is 93.6 Å². The molecule has 3 nitrogen and oxygen atoms in total. The zero-order valence-corrected chi connectivity index (χ0v) is 8.82. The fourth-order valence-corrected chi connectivity index (χ4v) is 1.16. The van der Waals surface area contributed by atoms with Crippen LogP contribution in [0.3, 0.4) is 0 Å². The van der Waals surface area contributed by atoms with Gasteiger partial charge in [0.2, 0.25) is 0 Å². The minimum absolute atomic E-state index is 0. The standard InChI is InChI=1S/C8H8FN3.2ClH/c9-7-2-1-6-4-12(10)5-11-8(6)3-7;;/h1-3,5H,4,10H2;2*1H. The largest absolute Gasteiger partial charge is 0.296 e. The number of nitrogens with zero attached hydrogens (tertiary/aromatic N) is 2. The summed E-state index contributed by atoms with van der Waals surface area (Å²) >= 11 is 0. The summed E-state index contributed by atoms with van der Waals surface area (Å²) in [6.07, 6.45) is 1.49. The number of aliphatic imine (C=N–C) groups is 1. The van der Waals surface area contributed by atoms with Crippen molar-refractivity contribution >= 4 is 36.8 Å². The van der Waals surface area contributed by atoms with E-state index in [-0.39, 0.29) is 30.6 Å². The zero-order valence-electron chi connectivity index (χ0n) is 7.18. The van der Waals surface area contributed by atoms with Crippen molar-refractivity contribution in [1.29, 1.82) is 0 Å². The molecule has 0 saturated heterocycles. The third kappa shape index (κ3) is 2.57. The molecule has 0 spiro atoms. The van der Waals surface area contributed by atoms with Crippen LogP contribution in [-0.4, -0.2) is 11.3 Å². The highest BCUT2D eigenvalue weighted by Crippen LogP contribution is 2.23. The second kappa shape index (κ2) is 5.14. The summed E-state index contributed by atoms with van der Waals surface area (Å²) in [6.45, 7) is 0.582. The van der Waals surface area contributed by atoms with Crippen molar-refractivity contribution in [1.82, 2.24) is 5.01 Å². The molecule has 1 aliphatic heterocycles. The van der Waals surface area contributed by atoms with Gasteiger partial charge in [0, 0.05) is 0 Å². The van der Waals surface area contributed by atoms with Crippen LogP contribution in [0.15, 0.2) is 23.2 Å². The molecule has 2 N–H and O–H groups in total. The van der Waals surface area contributed by atoms with Gasteiger partial charge in [-0.05, 0) is 17.7 Å². The molecule has 78 valence electrons. The minimum atomic E-state index is -0.267. The number of nitrogens with two attached hydrogens (primary N) is 1. The fourth-order valence-electron chi connectivity index (χ4n) is 1.16. The number of rotatable bonds is 0. The molecule has 0 bridgehead atoms. The van der Waals surface area contributed by atoms with Crippen LogP contribution in [0.4, 0.5) is 10.1 Å². The van der Waals surface area contributed by atoms with E-state index in [9.17, 15) is 4.39 Å². The first-order valence-electron chi connectivity index (χ1n) is 3.60. The van der Waals surface area contributed by atoms with Crippen LogP contribution in [0, 0.1) is 5.82 Å². The highest BCUT2D eigenvalue weighted by molar-refractivity contribution is 5.85. The van der Waals surface area contributed by atoms with Crippen LogP contribution in [0.5, 0.6) is 0 Å². The van der Waals surface area contributed by atoms with E-state index in [1.807, 2.05) is 0 Å². The highest BCUT2D eigenvalue weighted by atomic mass is 35.5. The van der Waals surface area contributed by atoms with E-state index in [4.69, 9.17) is 5.84 Å². The maximum atomic E-state index is 12.7. The first kappa shape index (κ1) is 13.2. The molecule has 0 unspecified atom stereocenters. The molecular weight excluding hydrogens is 228 g/mol. The molecule has 0 atom stereocenters. The molecule has 0 aliphatic carbocycles. The molecule has 14 heavy (non-hydrogen) atoms. The molecule has 0 fully saturated rings. The lowest BCUT2D eigenvalue weighted by Crippen LogP contribution is -2.30. The molecule has 2 rings (SSSR count). The van der Waals surface area contributed by atoms with Gasteiger partial charge in [-0.25, -0.2) is 15.2 Å². The number of benzene rings is 1. The monoisotopic (exact) mass is 237 g/mol. The molecule has 0 saturated carbocycles. The maximum absolute atomic E-state index is 12.7. The van der Waals surface area contributed by atoms with E-state index >= 15 is 0 Å². The SMILES string of the molecule is Cl.Cl.NN1C=Nc2cc(F)ccc2C1. The minimum Gasteiger partial charge on any atom is -0.296 e. The third-order valence-corrected chi connectivity index (χ3v) is 1.75. The van der Waals surface area contributed by atoms with Gasteiger partial charge in [-0.15, -0.1) is 24.8 Å². The van der Waals surface area contributed by atoms with Crippen molar-refractivity contribution in [3.8, 4) is 0 Å². The Hall–Kier alpha value is -0.840. The topological polar surface area (TPSA) is 41.6 Å². The summed E-state index contributed by atoms with van der Waals surface area (Å²) in [5.74, 6) is 5.21. The fraction of sp³-hybridized carbons (Fsp3) is 0.125. The van der Waals surface area contributed by atoms with Gasteiger partial charge in [0.25, 0.3) is 0 Å². The first-order valence-corrected chi connectivity index (χ1v) is 3.60. The average molecular weight is 238 g/mol. The third-order valence-electron chi connectivity index (χ3n) is 1.75. The van der Waals surface area contributed by atoms with Gasteiger partial charge in [0.05, 0.1) is 12.2 Å². The van der Waals surface area contributed by atoms with E-state index in [0.717, 1.165) is 5.56 Å². The summed E-state index contributed by atoms with van der Waals surface area (Å²) in [4.78, 5) is 3.97. The van der Waals surface area contributed by atoms with Crippen LogP contribution in [-0.2, 0) is 6.54 Å². The van der Waals surface area contributed by atoms with Crippen molar-refractivity contribution in [2.75, 3.05) is 0 Å². The van der Waals surface area contributed by atoms with E-state index in [0.29, 0.717) is 12.2 Å². The van der Waals surface area contributed by atoms with Gasteiger partial charge in [0.15, 0.2) is 0 Å². The van der Waals surface area contributed by atoms with E-state index < -0.39 is 0 Å². The van der Waals surface area contributed by atoms with Crippen molar-refractivity contribution in [2.24, 2.45) is 10.8 Å². The molecule has 1 aromatic carbocycles. The van der Waals surface area contributed by atoms with Crippen LogP contribution in [0.1, 0.15) is 5.56 Å². The van der Waals surface area contributed by atoms with Crippen LogP contribution >= 0.6 is 24.8 Å². The maximum Gasteiger partial charge on any atom is 0.125 e. The quantitative estimate of drug-likeness (QED) is 0.702. The normalized spacial score (nSPS) is 12.6. The molecule has 1 heterocycles. The van der Waals surface area contributed by atoms with Crippen LogP contribution < -0.4 is 5.84 Å². The number of hydrazine groups is 1. The lowest BCUT2D eigenvalue weighted by atomic mass is 10.1. The molecule has 0 aromatic heterocycles. The Bertz CT molecular complexity index is 343. The number of halogens is 3.